The van der Waals surface area contributed by atoms with Gasteiger partial charge < -0.3 is 34.6 Å². The Morgan fingerprint density at radius 2 is 0.737 bits per heavy atom. The topological polar surface area (TPSA) is 229 Å². The highest BCUT2D eigenvalue weighted by Gasteiger charge is 2.52. The third-order valence-corrected chi connectivity index (χ3v) is 22.7. The molecule has 0 saturated carbocycles. The maximum Gasteiger partial charge on any atom is 0.338 e. The van der Waals surface area contributed by atoms with Crippen LogP contribution in [0.15, 0.2) is 146 Å². The highest BCUT2D eigenvalue weighted by atomic mass is 16.5. The average Bonchev–Trinajstić information content (AvgIpc) is 1.71. The quantitative estimate of drug-likeness (QED) is 0.0569. The number of benzene rings is 7. The monoisotopic (exact) mass is 1340 g/mol. The maximum atomic E-state index is 13.3. The van der Waals surface area contributed by atoms with Crippen LogP contribution < -0.4 is 10.8 Å². The molecule has 17 heteroatoms. The predicted molar refractivity (Wildman–Crippen MR) is 374 cm³/mol. The van der Waals surface area contributed by atoms with E-state index >= 15 is 0 Å². The molecule has 4 unspecified atom stereocenters. The third kappa shape index (κ3) is 14.2. The van der Waals surface area contributed by atoms with Gasteiger partial charge in [0.05, 0.1) is 52.6 Å². The molecule has 5 amide bonds. The molecule has 15 rings (SSSR count). The Hall–Kier alpha value is -9.74. The molecule has 0 bridgehead atoms. The number of hydrogen-bond donors (Lipinski definition) is 4. The van der Waals surface area contributed by atoms with Crippen molar-refractivity contribution >= 4 is 47.4 Å². The zero-order valence-corrected chi connectivity index (χ0v) is 57.4. The summed E-state index contributed by atoms with van der Waals surface area (Å²) in [5.41, 5.74) is 17.6. The molecule has 99 heavy (non-hydrogen) atoms. The zero-order valence-electron chi connectivity index (χ0n) is 57.4. The number of methoxy groups -OCH3 is 2. The van der Waals surface area contributed by atoms with Crippen LogP contribution in [0.4, 0.5) is 0 Å². The first-order valence-electron chi connectivity index (χ1n) is 34.8. The number of hydroxylamine groups is 1. The molecule has 7 aromatic rings. The lowest BCUT2D eigenvalue weighted by molar-refractivity contribution is -0.137. The molecule has 7 aromatic carbocycles. The van der Waals surface area contributed by atoms with Gasteiger partial charge >= 0.3 is 17.9 Å². The molecular weight excluding hydrogens is 1250 g/mol. The number of aromatic carboxylic acids is 1. The standard InChI is InChI=1S/C23H25NO3.C22H24N2O3.C22H23NO3.C15H17NO3/c1-16-6-8-17(9-7-16)15-24-13-12-23(22(24)26)11-10-18-4-3-5-19(20(18)14-23)21(25)27-2;1-15-5-7-16(8-6-15)14-24-12-11-22(21(24)26)10-9-17-3-2-4-18(19(17)13-22)20(25)23-27;1-15-5-7-16(8-6-15)14-23-12-11-22(21(23)26)10-9-17-3-2-4-18(20(24)25)19(17)13-22;1-19-13(17)11-4-2-3-10-5-6-15(9-12(10)11)7-8-16-14(15)18/h3-9H,10-15H2,1-2H3;2-8,27H,9-14H2,1H3,(H,23,25);2-8H,9-14H2,1H3,(H,24,25);2-4H,5-9H2,1H3,(H,16,18). The Labute approximate surface area is 579 Å². The molecule has 4 spiro atoms. The largest absolute Gasteiger partial charge is 0.478 e. The minimum absolute atomic E-state index is 0.137. The molecule has 4 fully saturated rings. The van der Waals surface area contributed by atoms with Gasteiger partial charge in [-0.3, -0.25) is 29.2 Å². The SMILES string of the molecule is COC(=O)c1cccc2c1CC1(CC2)CCN(Cc2ccc(C)cc2)C1=O.COC(=O)c1cccc2c1CC1(CCNC1=O)CC2.Cc1ccc(CN2CCC3(CCc4cccc(C(=O)NO)c4C3)C2=O)cc1.Cc1ccc(CN2CCC3(CCc4cccc(C(=O)O)c4C3)C2=O)cc1. The number of aryl methyl sites for hydroxylation is 7. The van der Waals surface area contributed by atoms with Crippen LogP contribution >= 0.6 is 0 Å². The number of carbonyl (C=O) groups is 8. The van der Waals surface area contributed by atoms with Gasteiger partial charge in [0.1, 0.15) is 0 Å². The Bertz CT molecular complexity index is 4130. The Morgan fingerprint density at radius 3 is 1.06 bits per heavy atom. The number of amides is 5. The van der Waals surface area contributed by atoms with E-state index in [1.165, 1.54) is 42.0 Å². The lowest BCUT2D eigenvalue weighted by Gasteiger charge is -2.34. The summed E-state index contributed by atoms with van der Waals surface area (Å²) in [5.74, 6) is -1.30. The van der Waals surface area contributed by atoms with Crippen molar-refractivity contribution in [1.82, 2.24) is 25.5 Å². The number of fused-ring (bicyclic) bond motifs is 4. The van der Waals surface area contributed by atoms with Crippen molar-refractivity contribution in [3.8, 4) is 0 Å². The number of carbonyl (C=O) groups excluding carboxylic acids is 7. The second-order valence-corrected chi connectivity index (χ2v) is 28.7. The van der Waals surface area contributed by atoms with Crippen molar-refractivity contribution in [2.75, 3.05) is 40.4 Å². The lowest BCUT2D eigenvalue weighted by Crippen LogP contribution is -2.39. The van der Waals surface area contributed by atoms with Crippen molar-refractivity contribution in [2.24, 2.45) is 21.7 Å². The van der Waals surface area contributed by atoms with Gasteiger partial charge in [-0.2, -0.15) is 0 Å². The van der Waals surface area contributed by atoms with E-state index in [2.05, 4.69) is 105 Å². The number of hydrogen-bond acceptors (Lipinski definition) is 11. The van der Waals surface area contributed by atoms with Gasteiger partial charge in [-0.05, 0) is 209 Å². The van der Waals surface area contributed by atoms with Crippen LogP contribution in [0, 0.1) is 42.4 Å². The molecule has 17 nitrogen and oxygen atoms in total. The van der Waals surface area contributed by atoms with Crippen LogP contribution in [0.2, 0.25) is 0 Å². The molecule has 4 aliphatic heterocycles. The van der Waals surface area contributed by atoms with Crippen LogP contribution in [0.5, 0.6) is 0 Å². The lowest BCUT2D eigenvalue weighted by atomic mass is 9.69. The van der Waals surface area contributed by atoms with Gasteiger partial charge in [0, 0.05) is 51.4 Å². The van der Waals surface area contributed by atoms with E-state index in [1.807, 2.05) is 57.2 Å². The first-order valence-corrected chi connectivity index (χ1v) is 34.8. The van der Waals surface area contributed by atoms with E-state index in [1.54, 1.807) is 29.7 Å². The fourth-order valence-electron chi connectivity index (χ4n) is 16.8. The summed E-state index contributed by atoms with van der Waals surface area (Å²) in [5, 5.41) is 21.5. The van der Waals surface area contributed by atoms with Gasteiger partial charge in [-0.25, -0.2) is 19.9 Å². The van der Waals surface area contributed by atoms with Crippen LogP contribution in [-0.4, -0.2) is 113 Å². The van der Waals surface area contributed by atoms with Gasteiger partial charge in [0.15, 0.2) is 0 Å². The molecule has 8 aliphatic rings. The third-order valence-electron chi connectivity index (χ3n) is 22.7. The molecule has 0 radical (unpaired) electrons. The van der Waals surface area contributed by atoms with Crippen LogP contribution in [0.25, 0.3) is 0 Å². The van der Waals surface area contributed by atoms with Gasteiger partial charge in [0.25, 0.3) is 5.91 Å². The van der Waals surface area contributed by atoms with Gasteiger partial charge in [-0.15, -0.1) is 0 Å². The number of carboxylic acid groups (broad SMARTS) is 1. The Kier molecular flexibility index (Phi) is 20.3. The second kappa shape index (κ2) is 29.0. The minimum atomic E-state index is -0.902. The van der Waals surface area contributed by atoms with Crippen molar-refractivity contribution in [2.45, 2.75) is 143 Å². The summed E-state index contributed by atoms with van der Waals surface area (Å²) in [6, 6.07) is 47.5. The van der Waals surface area contributed by atoms with Crippen molar-refractivity contribution in [3.05, 3.63) is 246 Å². The fourth-order valence-corrected chi connectivity index (χ4v) is 16.8. The number of ether oxygens (including phenoxy) is 2. The predicted octanol–water partition coefficient (Wildman–Crippen LogP) is 11.8. The summed E-state index contributed by atoms with van der Waals surface area (Å²) in [6.45, 7) is 11.1. The van der Waals surface area contributed by atoms with Crippen molar-refractivity contribution in [1.29, 1.82) is 0 Å². The molecule has 514 valence electrons. The Morgan fingerprint density at radius 1 is 0.424 bits per heavy atom. The van der Waals surface area contributed by atoms with E-state index in [9.17, 15) is 43.5 Å². The van der Waals surface area contributed by atoms with Crippen LogP contribution in [-0.2, 0) is 99.7 Å². The van der Waals surface area contributed by atoms with Gasteiger partial charge in [0.2, 0.25) is 23.6 Å². The molecular formula is C82H89N5O12. The van der Waals surface area contributed by atoms with E-state index in [4.69, 9.17) is 14.7 Å². The highest BCUT2D eigenvalue weighted by Crippen LogP contribution is 2.49. The highest BCUT2D eigenvalue weighted by molar-refractivity contribution is 5.97. The summed E-state index contributed by atoms with van der Waals surface area (Å²) in [4.78, 5) is 105. The minimum Gasteiger partial charge on any atom is -0.478 e. The van der Waals surface area contributed by atoms with Crippen molar-refractivity contribution < 1.29 is 58.1 Å². The number of rotatable bonds is 10. The number of nitrogens with one attached hydrogen (secondary N) is 2. The number of nitrogens with zero attached hydrogens (tertiary/aromatic N) is 3. The summed E-state index contributed by atoms with van der Waals surface area (Å²) in [7, 11) is 2.80. The normalized spacial score (nSPS) is 22.2. The molecule has 4 atom stereocenters. The van der Waals surface area contributed by atoms with E-state index in [0.29, 0.717) is 67.6 Å². The number of carboxylic acids is 1. The number of esters is 2. The molecule has 4 aliphatic carbocycles. The molecule has 4 heterocycles. The van der Waals surface area contributed by atoms with Gasteiger partial charge in [-0.1, -0.05) is 138 Å². The van der Waals surface area contributed by atoms with E-state index in [0.717, 1.165) is 153 Å². The fraction of sp³-hybridized carbons (Fsp3) is 0.390. The first-order chi connectivity index (χ1) is 47.7. The second-order valence-electron chi connectivity index (χ2n) is 28.7. The molecule has 4 saturated heterocycles. The molecule has 0 aromatic heterocycles. The average molecular weight is 1340 g/mol. The summed E-state index contributed by atoms with van der Waals surface area (Å²) >= 11 is 0. The van der Waals surface area contributed by atoms with Crippen LogP contribution in [0.3, 0.4) is 0 Å². The van der Waals surface area contributed by atoms with Crippen molar-refractivity contribution in [3.63, 3.8) is 0 Å². The number of likely N-dealkylation sites (tertiary alicyclic amines) is 3. The van der Waals surface area contributed by atoms with E-state index in [-0.39, 0.29) is 46.4 Å². The van der Waals surface area contributed by atoms with E-state index < -0.39 is 22.7 Å². The summed E-state index contributed by atoms with van der Waals surface area (Å²) in [6.07, 6.45) is 12.3. The summed E-state index contributed by atoms with van der Waals surface area (Å²) < 4.78 is 9.80. The maximum absolute atomic E-state index is 13.3. The van der Waals surface area contributed by atoms with Crippen LogP contribution in [0.1, 0.15) is 171 Å². The first kappa shape index (κ1) is 69.2. The Balaban J connectivity index is 0.000000126. The zero-order chi connectivity index (χ0) is 69.8. The molecule has 4 N–H and O–H groups in total. The smallest absolute Gasteiger partial charge is 0.338 e.